The Kier molecular flexibility index (Phi) is 8.38. The largest absolute Gasteiger partial charge is 0.465 e. The average Bonchev–Trinajstić information content (AvgIpc) is 2.55. The molecule has 0 fully saturated rings. The number of ether oxygens (including phenoxy) is 2. The first-order valence-electron chi connectivity index (χ1n) is 7.44. The van der Waals surface area contributed by atoms with Crippen molar-refractivity contribution in [2.24, 2.45) is 10.9 Å². The first kappa shape index (κ1) is 18.6. The molecule has 0 spiro atoms. The molecule has 7 heteroatoms. The van der Waals surface area contributed by atoms with E-state index in [4.69, 9.17) is 14.6 Å². The van der Waals surface area contributed by atoms with E-state index in [0.717, 1.165) is 5.69 Å². The van der Waals surface area contributed by atoms with Crippen molar-refractivity contribution < 1.29 is 24.2 Å². The molecule has 0 atom stereocenters. The molecular formula is C16H22N2O5. The molecule has 126 valence electrons. The Labute approximate surface area is 135 Å². The van der Waals surface area contributed by atoms with E-state index in [1.165, 1.54) is 6.21 Å². The molecule has 0 heterocycles. The van der Waals surface area contributed by atoms with Crippen LogP contribution in [0.15, 0.2) is 29.3 Å². The Balaban J connectivity index is 2.79. The van der Waals surface area contributed by atoms with Crippen LogP contribution in [0.5, 0.6) is 0 Å². The van der Waals surface area contributed by atoms with Gasteiger partial charge in [0.25, 0.3) is 0 Å². The van der Waals surface area contributed by atoms with Gasteiger partial charge in [-0.05, 0) is 38.1 Å². The van der Waals surface area contributed by atoms with Gasteiger partial charge >= 0.3 is 11.9 Å². The molecule has 0 saturated heterocycles. The monoisotopic (exact) mass is 322 g/mol. The molecule has 1 aromatic rings. The van der Waals surface area contributed by atoms with E-state index >= 15 is 0 Å². The van der Waals surface area contributed by atoms with Crippen LogP contribution < -0.4 is 5.32 Å². The van der Waals surface area contributed by atoms with E-state index in [1.54, 1.807) is 38.1 Å². The quantitative estimate of drug-likeness (QED) is 0.406. The van der Waals surface area contributed by atoms with Gasteiger partial charge in [-0.2, -0.15) is 0 Å². The first-order chi connectivity index (χ1) is 11.1. The summed E-state index contributed by atoms with van der Waals surface area (Å²) in [7, 11) is 0. The van der Waals surface area contributed by atoms with E-state index in [-0.39, 0.29) is 19.8 Å². The SMILES string of the molecule is CCOC(=O)C(C=Nc1ccc(NCCO)cc1)C(=O)OCC. The van der Waals surface area contributed by atoms with Crippen molar-refractivity contribution in [2.75, 3.05) is 31.7 Å². The smallest absolute Gasteiger partial charge is 0.325 e. The van der Waals surface area contributed by atoms with Crippen LogP contribution >= 0.6 is 0 Å². The summed E-state index contributed by atoms with van der Waals surface area (Å²) in [6.07, 6.45) is 1.23. The van der Waals surface area contributed by atoms with Crippen LogP contribution in [-0.4, -0.2) is 49.6 Å². The fourth-order valence-corrected chi connectivity index (χ4v) is 1.71. The maximum absolute atomic E-state index is 11.8. The molecule has 0 bridgehead atoms. The Bertz CT molecular complexity index is 510. The number of nitrogens with one attached hydrogen (secondary N) is 1. The number of hydrogen-bond donors (Lipinski definition) is 2. The van der Waals surface area contributed by atoms with Crippen LogP contribution in [0.1, 0.15) is 13.8 Å². The van der Waals surface area contributed by atoms with E-state index in [0.29, 0.717) is 12.2 Å². The number of rotatable bonds is 9. The van der Waals surface area contributed by atoms with Crippen molar-refractivity contribution >= 4 is 29.5 Å². The molecule has 0 aliphatic heterocycles. The lowest BCUT2D eigenvalue weighted by Gasteiger charge is -2.10. The fraction of sp³-hybridized carbons (Fsp3) is 0.438. The lowest BCUT2D eigenvalue weighted by Crippen LogP contribution is -2.29. The Hall–Kier alpha value is -2.41. The predicted octanol–water partition coefficient (Wildman–Crippen LogP) is 1.54. The van der Waals surface area contributed by atoms with Crippen molar-refractivity contribution in [1.82, 2.24) is 0 Å². The van der Waals surface area contributed by atoms with Gasteiger partial charge in [-0.15, -0.1) is 0 Å². The molecule has 23 heavy (non-hydrogen) atoms. The van der Waals surface area contributed by atoms with Gasteiger partial charge in [-0.1, -0.05) is 0 Å². The number of esters is 2. The molecule has 0 aromatic heterocycles. The number of aliphatic hydroxyl groups is 1. The normalized spacial score (nSPS) is 10.8. The molecule has 7 nitrogen and oxygen atoms in total. The Morgan fingerprint density at radius 3 is 2.22 bits per heavy atom. The predicted molar refractivity (Wildman–Crippen MR) is 86.9 cm³/mol. The minimum atomic E-state index is -1.18. The highest BCUT2D eigenvalue weighted by Gasteiger charge is 2.27. The molecule has 0 saturated carbocycles. The maximum atomic E-state index is 11.8. The van der Waals surface area contributed by atoms with Crippen molar-refractivity contribution in [1.29, 1.82) is 0 Å². The standard InChI is InChI=1S/C16H22N2O5/c1-3-22-15(20)14(16(21)23-4-2)11-18-13-7-5-12(6-8-13)17-9-10-19/h5-8,11,14,17,19H,3-4,9-10H2,1-2H3. The summed E-state index contributed by atoms with van der Waals surface area (Å²) in [5.41, 5.74) is 1.42. The maximum Gasteiger partial charge on any atom is 0.325 e. The molecule has 2 N–H and O–H groups in total. The Morgan fingerprint density at radius 1 is 1.17 bits per heavy atom. The third-order valence-corrected chi connectivity index (χ3v) is 2.76. The highest BCUT2D eigenvalue weighted by atomic mass is 16.6. The second kappa shape index (κ2) is 10.3. The number of aliphatic hydroxyl groups excluding tert-OH is 1. The number of anilines is 1. The number of nitrogens with zero attached hydrogens (tertiary/aromatic N) is 1. The summed E-state index contributed by atoms with van der Waals surface area (Å²) in [4.78, 5) is 27.7. The molecule has 0 aliphatic rings. The van der Waals surface area contributed by atoms with E-state index in [9.17, 15) is 9.59 Å². The van der Waals surface area contributed by atoms with Crippen LogP contribution in [0.25, 0.3) is 0 Å². The summed E-state index contributed by atoms with van der Waals surface area (Å²) in [5, 5.41) is 11.8. The third kappa shape index (κ3) is 6.48. The molecule has 0 aliphatic carbocycles. The lowest BCUT2D eigenvalue weighted by molar-refractivity contribution is -0.157. The topological polar surface area (TPSA) is 97.2 Å². The van der Waals surface area contributed by atoms with Crippen LogP contribution in [-0.2, 0) is 19.1 Å². The molecule has 0 unspecified atom stereocenters. The van der Waals surface area contributed by atoms with E-state index in [1.807, 2.05) is 0 Å². The second-order valence-corrected chi connectivity index (χ2v) is 4.46. The van der Waals surface area contributed by atoms with Gasteiger partial charge in [-0.25, -0.2) is 0 Å². The summed E-state index contributed by atoms with van der Waals surface area (Å²) >= 11 is 0. The summed E-state index contributed by atoms with van der Waals surface area (Å²) in [5.74, 6) is -2.55. The van der Waals surface area contributed by atoms with Crippen molar-refractivity contribution in [3.63, 3.8) is 0 Å². The van der Waals surface area contributed by atoms with Crippen LogP contribution in [0.4, 0.5) is 11.4 Å². The molecule has 1 aromatic carbocycles. The zero-order valence-electron chi connectivity index (χ0n) is 13.3. The van der Waals surface area contributed by atoms with Gasteiger partial charge in [-0.3, -0.25) is 14.6 Å². The average molecular weight is 322 g/mol. The van der Waals surface area contributed by atoms with Gasteiger partial charge < -0.3 is 19.9 Å². The van der Waals surface area contributed by atoms with Crippen LogP contribution in [0.3, 0.4) is 0 Å². The summed E-state index contributed by atoms with van der Waals surface area (Å²) in [6, 6.07) is 7.02. The molecule has 0 radical (unpaired) electrons. The number of carbonyl (C=O) groups excluding carboxylic acids is 2. The number of aliphatic imine (C=N–C) groups is 1. The van der Waals surface area contributed by atoms with Crippen molar-refractivity contribution in [3.05, 3.63) is 24.3 Å². The molecular weight excluding hydrogens is 300 g/mol. The number of carbonyl (C=O) groups is 2. The van der Waals surface area contributed by atoms with Gasteiger partial charge in [0.1, 0.15) is 0 Å². The van der Waals surface area contributed by atoms with Gasteiger partial charge in [0, 0.05) is 18.4 Å². The van der Waals surface area contributed by atoms with Crippen molar-refractivity contribution in [3.8, 4) is 0 Å². The van der Waals surface area contributed by atoms with Gasteiger partial charge in [0.2, 0.25) is 0 Å². The van der Waals surface area contributed by atoms with Crippen LogP contribution in [0, 0.1) is 5.92 Å². The van der Waals surface area contributed by atoms with Gasteiger partial charge in [0.05, 0.1) is 25.5 Å². The zero-order chi connectivity index (χ0) is 17.1. The van der Waals surface area contributed by atoms with E-state index < -0.39 is 17.9 Å². The summed E-state index contributed by atoms with van der Waals surface area (Å²) < 4.78 is 9.72. The zero-order valence-corrected chi connectivity index (χ0v) is 13.3. The van der Waals surface area contributed by atoms with E-state index in [2.05, 4.69) is 10.3 Å². The fourth-order valence-electron chi connectivity index (χ4n) is 1.71. The van der Waals surface area contributed by atoms with Crippen LogP contribution in [0.2, 0.25) is 0 Å². The highest BCUT2D eigenvalue weighted by Crippen LogP contribution is 2.16. The van der Waals surface area contributed by atoms with Crippen molar-refractivity contribution in [2.45, 2.75) is 13.8 Å². The Morgan fingerprint density at radius 2 is 1.74 bits per heavy atom. The molecule has 1 rings (SSSR count). The minimum absolute atomic E-state index is 0.0423. The number of hydrogen-bond acceptors (Lipinski definition) is 7. The minimum Gasteiger partial charge on any atom is -0.465 e. The third-order valence-electron chi connectivity index (χ3n) is 2.76. The summed E-state index contributed by atoms with van der Waals surface area (Å²) in [6.45, 7) is 4.17. The number of benzene rings is 1. The first-order valence-corrected chi connectivity index (χ1v) is 7.44. The molecule has 0 amide bonds. The highest BCUT2D eigenvalue weighted by molar-refractivity contribution is 6.09. The lowest BCUT2D eigenvalue weighted by atomic mass is 10.1. The van der Waals surface area contributed by atoms with Gasteiger partial charge in [0.15, 0.2) is 5.92 Å². The second-order valence-electron chi connectivity index (χ2n) is 4.46.